The molecule has 0 fully saturated rings. The molecule has 8 heteroatoms. The van der Waals surface area contributed by atoms with Crippen LogP contribution in [0.3, 0.4) is 0 Å². The van der Waals surface area contributed by atoms with E-state index >= 15 is 0 Å². The average molecular weight is 401 g/mol. The Morgan fingerprint density at radius 1 is 1.14 bits per heavy atom. The number of benzene rings is 2. The van der Waals surface area contributed by atoms with Crippen LogP contribution in [0.2, 0.25) is 0 Å². The maximum atomic E-state index is 14.1. The normalized spacial score (nSPS) is 11.6. The predicted molar refractivity (Wildman–Crippen MR) is 106 cm³/mol. The van der Waals surface area contributed by atoms with E-state index < -0.39 is 11.6 Å². The standard InChI is InChI=1S/C20H17F2N3O2S/c1-24(2)7-8-25(19(26)16-9-12-5-3-4-6-15(12)27-16)20-23-18-14(22)10-13(21)11-17(18)28-20/h3-6,9-11H,7-8H2,1-2H3. The van der Waals surface area contributed by atoms with Gasteiger partial charge in [-0.3, -0.25) is 9.69 Å². The van der Waals surface area contributed by atoms with Gasteiger partial charge in [0.1, 0.15) is 16.9 Å². The van der Waals surface area contributed by atoms with Gasteiger partial charge >= 0.3 is 0 Å². The molecule has 28 heavy (non-hydrogen) atoms. The first-order chi connectivity index (χ1) is 13.4. The largest absolute Gasteiger partial charge is 0.451 e. The van der Waals surface area contributed by atoms with Crippen molar-refractivity contribution >= 4 is 43.6 Å². The molecule has 0 aliphatic rings. The monoisotopic (exact) mass is 401 g/mol. The van der Waals surface area contributed by atoms with Gasteiger partial charge in [0.2, 0.25) is 0 Å². The van der Waals surface area contributed by atoms with E-state index in [1.807, 2.05) is 37.2 Å². The summed E-state index contributed by atoms with van der Waals surface area (Å²) in [5, 5.41) is 1.11. The van der Waals surface area contributed by atoms with Crippen molar-refractivity contribution in [1.29, 1.82) is 0 Å². The molecule has 0 aliphatic heterocycles. The molecule has 0 radical (unpaired) electrons. The molecule has 4 aromatic rings. The molecule has 2 heterocycles. The lowest BCUT2D eigenvalue weighted by Gasteiger charge is -2.20. The minimum atomic E-state index is -0.749. The van der Waals surface area contributed by atoms with Crippen LogP contribution < -0.4 is 4.90 Å². The highest BCUT2D eigenvalue weighted by molar-refractivity contribution is 7.22. The zero-order valence-electron chi connectivity index (χ0n) is 15.3. The number of aromatic nitrogens is 1. The Balaban J connectivity index is 1.76. The molecule has 0 unspecified atom stereocenters. The number of rotatable bonds is 5. The van der Waals surface area contributed by atoms with E-state index in [2.05, 4.69) is 4.98 Å². The van der Waals surface area contributed by atoms with Gasteiger partial charge in [-0.25, -0.2) is 13.8 Å². The first-order valence-electron chi connectivity index (χ1n) is 8.63. The van der Waals surface area contributed by atoms with E-state index in [1.165, 1.54) is 11.0 Å². The van der Waals surface area contributed by atoms with Gasteiger partial charge < -0.3 is 9.32 Å². The third-order valence-corrected chi connectivity index (χ3v) is 5.31. The molecular formula is C20H17F2N3O2S. The summed E-state index contributed by atoms with van der Waals surface area (Å²) in [5.74, 6) is -1.63. The van der Waals surface area contributed by atoms with Gasteiger partial charge in [0.15, 0.2) is 16.7 Å². The molecule has 0 N–H and O–H groups in total. The lowest BCUT2D eigenvalue weighted by molar-refractivity contribution is 0.0960. The fourth-order valence-electron chi connectivity index (χ4n) is 2.87. The fourth-order valence-corrected chi connectivity index (χ4v) is 3.89. The Morgan fingerprint density at radius 3 is 2.68 bits per heavy atom. The second-order valence-corrected chi connectivity index (χ2v) is 7.65. The van der Waals surface area contributed by atoms with E-state index in [9.17, 15) is 13.6 Å². The van der Waals surface area contributed by atoms with Crippen LogP contribution in [0, 0.1) is 11.6 Å². The molecule has 0 bridgehead atoms. The Hall–Kier alpha value is -2.84. The molecule has 1 amide bonds. The number of carbonyl (C=O) groups excluding carboxylic acids is 1. The van der Waals surface area contributed by atoms with Crippen molar-refractivity contribution in [1.82, 2.24) is 9.88 Å². The summed E-state index contributed by atoms with van der Waals surface area (Å²) in [7, 11) is 3.77. The smallest absolute Gasteiger partial charge is 0.295 e. The van der Waals surface area contributed by atoms with Crippen LogP contribution in [0.4, 0.5) is 13.9 Å². The first kappa shape index (κ1) is 18.5. The summed E-state index contributed by atoms with van der Waals surface area (Å²) in [6.45, 7) is 0.894. The Kier molecular flexibility index (Phi) is 4.82. The van der Waals surface area contributed by atoms with Crippen molar-refractivity contribution in [2.45, 2.75) is 0 Å². The Bertz CT molecular complexity index is 1140. The van der Waals surface area contributed by atoms with Crippen LogP contribution in [-0.2, 0) is 0 Å². The summed E-state index contributed by atoms with van der Waals surface area (Å²) in [5.41, 5.74) is 0.657. The van der Waals surface area contributed by atoms with Crippen LogP contribution in [0.25, 0.3) is 21.2 Å². The number of anilines is 1. The molecular weight excluding hydrogens is 384 g/mol. The summed E-state index contributed by atoms with van der Waals surface area (Å²) in [6.07, 6.45) is 0. The highest BCUT2D eigenvalue weighted by atomic mass is 32.1. The zero-order valence-corrected chi connectivity index (χ0v) is 16.1. The van der Waals surface area contributed by atoms with Gasteiger partial charge in [-0.15, -0.1) is 0 Å². The highest BCUT2D eigenvalue weighted by Crippen LogP contribution is 2.32. The van der Waals surface area contributed by atoms with Gasteiger partial charge in [-0.05, 0) is 32.3 Å². The second-order valence-electron chi connectivity index (χ2n) is 6.64. The fraction of sp³-hybridized carbons (Fsp3) is 0.200. The van der Waals surface area contributed by atoms with Crippen molar-refractivity contribution in [2.75, 3.05) is 32.1 Å². The van der Waals surface area contributed by atoms with Gasteiger partial charge in [0.05, 0.1) is 4.70 Å². The Morgan fingerprint density at radius 2 is 1.93 bits per heavy atom. The number of hydrogen-bond acceptors (Lipinski definition) is 5. The van der Waals surface area contributed by atoms with E-state index in [0.29, 0.717) is 28.5 Å². The van der Waals surface area contributed by atoms with Crippen LogP contribution >= 0.6 is 11.3 Å². The number of halogens is 2. The molecule has 0 atom stereocenters. The number of furan rings is 1. The quantitative estimate of drug-likeness (QED) is 0.493. The summed E-state index contributed by atoms with van der Waals surface area (Å²) in [4.78, 5) is 20.8. The van der Waals surface area contributed by atoms with E-state index in [4.69, 9.17) is 4.42 Å². The van der Waals surface area contributed by atoms with Gasteiger partial charge in [0, 0.05) is 24.5 Å². The molecule has 0 saturated heterocycles. The molecule has 0 saturated carbocycles. The summed E-state index contributed by atoms with van der Waals surface area (Å²) < 4.78 is 33.7. The molecule has 5 nitrogen and oxygen atoms in total. The SMILES string of the molecule is CN(C)CCN(C(=O)c1cc2ccccc2o1)c1nc2c(F)cc(F)cc2s1. The first-order valence-corrected chi connectivity index (χ1v) is 9.45. The van der Waals surface area contributed by atoms with Crippen molar-refractivity contribution < 1.29 is 18.0 Å². The van der Waals surface area contributed by atoms with Crippen LogP contribution in [0.15, 0.2) is 46.9 Å². The highest BCUT2D eigenvalue weighted by Gasteiger charge is 2.25. The van der Waals surface area contributed by atoms with Crippen molar-refractivity contribution in [3.63, 3.8) is 0 Å². The van der Waals surface area contributed by atoms with Crippen LogP contribution in [0.1, 0.15) is 10.6 Å². The number of fused-ring (bicyclic) bond motifs is 2. The topological polar surface area (TPSA) is 49.6 Å². The van der Waals surface area contributed by atoms with Crippen LogP contribution in [-0.4, -0.2) is 43.0 Å². The van der Waals surface area contributed by atoms with Crippen molar-refractivity contribution in [2.24, 2.45) is 0 Å². The number of para-hydroxylation sites is 1. The number of nitrogens with zero attached hydrogens (tertiary/aromatic N) is 3. The lowest BCUT2D eigenvalue weighted by atomic mass is 10.2. The third kappa shape index (κ3) is 3.48. The minimum absolute atomic E-state index is 0.0497. The minimum Gasteiger partial charge on any atom is -0.451 e. The average Bonchev–Trinajstić information content (AvgIpc) is 3.25. The maximum Gasteiger partial charge on any atom is 0.295 e. The number of amides is 1. The molecule has 2 aromatic carbocycles. The van der Waals surface area contributed by atoms with E-state index in [0.717, 1.165) is 22.8 Å². The zero-order chi connectivity index (χ0) is 19.8. The molecule has 4 rings (SSSR count). The van der Waals surface area contributed by atoms with Crippen molar-refractivity contribution in [3.05, 3.63) is 59.9 Å². The second kappa shape index (κ2) is 7.29. The number of hydrogen-bond donors (Lipinski definition) is 0. The molecule has 144 valence electrons. The molecule has 0 aliphatic carbocycles. The van der Waals surface area contributed by atoms with E-state index in [-0.39, 0.29) is 17.2 Å². The molecule has 0 spiro atoms. The predicted octanol–water partition coefficient (Wildman–Crippen LogP) is 4.53. The van der Waals surface area contributed by atoms with E-state index in [1.54, 1.807) is 12.1 Å². The number of carbonyl (C=O) groups is 1. The van der Waals surface area contributed by atoms with Gasteiger partial charge in [-0.1, -0.05) is 29.5 Å². The lowest BCUT2D eigenvalue weighted by Crippen LogP contribution is -2.36. The van der Waals surface area contributed by atoms with Crippen molar-refractivity contribution in [3.8, 4) is 0 Å². The molecule has 2 aromatic heterocycles. The Labute approximate surface area is 163 Å². The maximum absolute atomic E-state index is 14.1. The van der Waals surface area contributed by atoms with Gasteiger partial charge in [-0.2, -0.15) is 0 Å². The van der Waals surface area contributed by atoms with Gasteiger partial charge in [0.25, 0.3) is 5.91 Å². The number of likely N-dealkylation sites (N-methyl/N-ethyl adjacent to an activating group) is 1. The summed E-state index contributed by atoms with van der Waals surface area (Å²) in [6, 6.07) is 11.0. The van der Waals surface area contributed by atoms with Crippen LogP contribution in [0.5, 0.6) is 0 Å². The third-order valence-electron chi connectivity index (χ3n) is 4.29. The summed E-state index contributed by atoms with van der Waals surface area (Å²) >= 11 is 1.07. The number of thiazole rings is 1.